The molecule has 1 aromatic rings. The molecule has 0 aromatic carbocycles. The maximum Gasteiger partial charge on any atom is 0.333 e. The Balaban J connectivity index is 3.05. The predicted octanol–water partition coefficient (Wildman–Crippen LogP) is 1.29. The molecule has 0 amide bonds. The molecule has 88 valence electrons. The van der Waals surface area contributed by atoms with Crippen LogP contribution in [0.2, 0.25) is 0 Å². The van der Waals surface area contributed by atoms with Gasteiger partial charge in [-0.1, -0.05) is 0 Å². The number of pyridine rings is 1. The van der Waals surface area contributed by atoms with E-state index in [4.69, 9.17) is 5.11 Å². The maximum atomic E-state index is 11.3. The van der Waals surface area contributed by atoms with Crippen molar-refractivity contribution in [1.29, 1.82) is 0 Å². The molecule has 1 unspecified atom stereocenters. The first-order valence-electron chi connectivity index (χ1n) is 4.64. The van der Waals surface area contributed by atoms with Gasteiger partial charge in [0, 0.05) is 12.7 Å². The number of nitro groups is 1. The minimum absolute atomic E-state index is 0.146. The number of aryl methyl sites for hydroxylation is 1. The first kappa shape index (κ1) is 12.9. The normalized spacial score (nSPS) is 12.4. The summed E-state index contributed by atoms with van der Waals surface area (Å²) >= 11 is 2.97. The number of hydrogen-bond acceptors (Lipinski definition) is 4. The van der Waals surface area contributed by atoms with Gasteiger partial charge in [0.15, 0.2) is 0 Å². The SMILES string of the molecule is CC(O)CCn1cc(Br)c(=O)c([N+](=O)[O-])c1. The molecule has 6 nitrogen and oxygen atoms in total. The van der Waals surface area contributed by atoms with Crippen LogP contribution in [0.15, 0.2) is 21.7 Å². The molecule has 0 aliphatic heterocycles. The van der Waals surface area contributed by atoms with Crippen molar-refractivity contribution < 1.29 is 10.0 Å². The molecule has 0 aliphatic carbocycles. The number of aliphatic hydroxyl groups excluding tert-OH is 1. The van der Waals surface area contributed by atoms with Gasteiger partial charge in [-0.2, -0.15) is 0 Å². The van der Waals surface area contributed by atoms with Crippen LogP contribution in [-0.2, 0) is 6.54 Å². The molecule has 0 spiro atoms. The van der Waals surface area contributed by atoms with Gasteiger partial charge < -0.3 is 9.67 Å². The van der Waals surface area contributed by atoms with Crippen molar-refractivity contribution in [3.05, 3.63) is 37.2 Å². The molecule has 0 saturated heterocycles. The summed E-state index contributed by atoms with van der Waals surface area (Å²) in [4.78, 5) is 21.2. The van der Waals surface area contributed by atoms with Gasteiger partial charge in [-0.3, -0.25) is 14.9 Å². The molecule has 0 aliphatic rings. The summed E-state index contributed by atoms with van der Waals surface area (Å²) < 4.78 is 1.66. The van der Waals surface area contributed by atoms with Crippen LogP contribution in [0.3, 0.4) is 0 Å². The summed E-state index contributed by atoms with van der Waals surface area (Å²) in [5, 5.41) is 19.7. The lowest BCUT2D eigenvalue weighted by Crippen LogP contribution is -2.14. The van der Waals surface area contributed by atoms with Crippen molar-refractivity contribution in [2.45, 2.75) is 26.0 Å². The second-order valence-corrected chi connectivity index (χ2v) is 4.31. The molecule has 16 heavy (non-hydrogen) atoms. The van der Waals surface area contributed by atoms with Gasteiger partial charge in [0.1, 0.15) is 0 Å². The average Bonchev–Trinajstić information content (AvgIpc) is 2.19. The van der Waals surface area contributed by atoms with Crippen LogP contribution in [0.4, 0.5) is 5.69 Å². The summed E-state index contributed by atoms with van der Waals surface area (Å²) in [6.07, 6.45) is 2.62. The van der Waals surface area contributed by atoms with Crippen LogP contribution >= 0.6 is 15.9 Å². The van der Waals surface area contributed by atoms with Gasteiger partial charge in [0.25, 0.3) is 5.43 Å². The van der Waals surface area contributed by atoms with E-state index in [2.05, 4.69) is 15.9 Å². The second-order valence-electron chi connectivity index (χ2n) is 3.45. The topological polar surface area (TPSA) is 85.4 Å². The van der Waals surface area contributed by atoms with E-state index in [9.17, 15) is 14.9 Å². The van der Waals surface area contributed by atoms with E-state index in [1.165, 1.54) is 17.0 Å². The van der Waals surface area contributed by atoms with Crippen LogP contribution in [0.25, 0.3) is 0 Å². The summed E-state index contributed by atoms with van der Waals surface area (Å²) in [6.45, 7) is 2.05. The highest BCUT2D eigenvalue weighted by Crippen LogP contribution is 2.11. The first-order chi connectivity index (χ1) is 7.41. The minimum atomic E-state index is -0.716. The Morgan fingerprint density at radius 1 is 1.62 bits per heavy atom. The number of aliphatic hydroxyl groups is 1. The van der Waals surface area contributed by atoms with Crippen molar-refractivity contribution in [3.63, 3.8) is 0 Å². The van der Waals surface area contributed by atoms with E-state index in [-0.39, 0.29) is 4.47 Å². The molecule has 0 radical (unpaired) electrons. The third-order valence-electron chi connectivity index (χ3n) is 2.02. The van der Waals surface area contributed by atoms with E-state index < -0.39 is 22.1 Å². The van der Waals surface area contributed by atoms with Gasteiger partial charge in [-0.25, -0.2) is 0 Å². The van der Waals surface area contributed by atoms with Gasteiger partial charge in [-0.15, -0.1) is 0 Å². The summed E-state index contributed by atoms with van der Waals surface area (Å²) in [6, 6.07) is 0. The Labute approximate surface area is 99.8 Å². The lowest BCUT2D eigenvalue weighted by Gasteiger charge is -2.08. The quantitative estimate of drug-likeness (QED) is 0.669. The molecule has 1 atom stereocenters. The van der Waals surface area contributed by atoms with E-state index in [0.29, 0.717) is 13.0 Å². The van der Waals surface area contributed by atoms with Crippen molar-refractivity contribution in [2.24, 2.45) is 0 Å². The van der Waals surface area contributed by atoms with E-state index in [1.807, 2.05) is 0 Å². The molecule has 0 bridgehead atoms. The Kier molecular flexibility index (Phi) is 4.19. The van der Waals surface area contributed by atoms with E-state index in [0.717, 1.165) is 0 Å². The van der Waals surface area contributed by atoms with Crippen LogP contribution in [0, 0.1) is 10.1 Å². The lowest BCUT2D eigenvalue weighted by molar-refractivity contribution is -0.386. The zero-order valence-electron chi connectivity index (χ0n) is 8.59. The zero-order chi connectivity index (χ0) is 12.3. The largest absolute Gasteiger partial charge is 0.393 e. The monoisotopic (exact) mass is 290 g/mol. The van der Waals surface area contributed by atoms with Gasteiger partial charge in [-0.05, 0) is 29.3 Å². The lowest BCUT2D eigenvalue weighted by atomic mass is 10.3. The summed E-state index contributed by atoms with van der Waals surface area (Å²) in [5.74, 6) is 0. The fourth-order valence-corrected chi connectivity index (χ4v) is 1.64. The number of nitrogens with zero attached hydrogens (tertiary/aromatic N) is 2. The van der Waals surface area contributed by atoms with Crippen molar-refractivity contribution in [2.75, 3.05) is 0 Å². The van der Waals surface area contributed by atoms with Crippen molar-refractivity contribution >= 4 is 21.6 Å². The Hall–Kier alpha value is -1.21. The number of hydrogen-bond donors (Lipinski definition) is 1. The number of aromatic nitrogens is 1. The van der Waals surface area contributed by atoms with Crippen LogP contribution in [0.5, 0.6) is 0 Å². The minimum Gasteiger partial charge on any atom is -0.393 e. The first-order valence-corrected chi connectivity index (χ1v) is 5.43. The Morgan fingerprint density at radius 2 is 2.25 bits per heavy atom. The highest BCUT2D eigenvalue weighted by Gasteiger charge is 2.15. The van der Waals surface area contributed by atoms with E-state index in [1.54, 1.807) is 6.92 Å². The molecule has 1 heterocycles. The molecule has 0 saturated carbocycles. The fourth-order valence-electron chi connectivity index (χ4n) is 1.17. The zero-order valence-corrected chi connectivity index (χ0v) is 10.2. The third-order valence-corrected chi connectivity index (χ3v) is 2.58. The van der Waals surface area contributed by atoms with Gasteiger partial charge >= 0.3 is 5.69 Å². The summed E-state index contributed by atoms with van der Waals surface area (Å²) in [5.41, 5.74) is -1.11. The van der Waals surface area contributed by atoms with Crippen LogP contribution in [0.1, 0.15) is 13.3 Å². The van der Waals surface area contributed by atoms with Crippen molar-refractivity contribution in [3.8, 4) is 0 Å². The highest BCUT2D eigenvalue weighted by molar-refractivity contribution is 9.10. The standard InChI is InChI=1S/C9H11BrN2O4/c1-6(13)2-3-11-4-7(10)9(14)8(5-11)12(15)16/h4-6,13H,2-3H2,1H3. The Bertz CT molecular complexity index is 455. The molecule has 1 rings (SSSR count). The third kappa shape index (κ3) is 3.14. The summed E-state index contributed by atoms with van der Waals surface area (Å²) in [7, 11) is 0. The Morgan fingerprint density at radius 3 is 2.75 bits per heavy atom. The van der Waals surface area contributed by atoms with Crippen molar-refractivity contribution in [1.82, 2.24) is 4.57 Å². The molecular formula is C9H11BrN2O4. The van der Waals surface area contributed by atoms with Gasteiger partial charge in [0.2, 0.25) is 0 Å². The molecule has 7 heteroatoms. The fraction of sp³-hybridized carbons (Fsp3) is 0.444. The van der Waals surface area contributed by atoms with Crippen LogP contribution < -0.4 is 5.43 Å². The molecule has 1 N–H and O–H groups in total. The molecule has 0 fully saturated rings. The highest BCUT2D eigenvalue weighted by atomic mass is 79.9. The maximum absolute atomic E-state index is 11.3. The molecular weight excluding hydrogens is 280 g/mol. The van der Waals surface area contributed by atoms with E-state index >= 15 is 0 Å². The average molecular weight is 291 g/mol. The molecule has 1 aromatic heterocycles. The van der Waals surface area contributed by atoms with Gasteiger partial charge in [0.05, 0.1) is 21.7 Å². The predicted molar refractivity (Wildman–Crippen MR) is 61.4 cm³/mol. The second kappa shape index (κ2) is 5.22. The number of halogens is 1. The van der Waals surface area contributed by atoms with Crippen LogP contribution in [-0.4, -0.2) is 20.7 Å². The smallest absolute Gasteiger partial charge is 0.333 e. The number of rotatable bonds is 4.